The van der Waals surface area contributed by atoms with Gasteiger partial charge in [-0.3, -0.25) is 4.72 Å². The molecule has 22 heavy (non-hydrogen) atoms. The first-order valence-corrected chi connectivity index (χ1v) is 7.47. The van der Waals surface area contributed by atoms with Crippen molar-refractivity contribution in [2.45, 2.75) is 4.90 Å². The van der Waals surface area contributed by atoms with Crippen LogP contribution in [-0.4, -0.2) is 21.5 Å². The molecule has 2 aromatic rings. The number of carbonyl (C=O) groups excluding carboxylic acids is 1. The first-order valence-electron chi connectivity index (χ1n) is 5.99. The summed E-state index contributed by atoms with van der Waals surface area (Å²) in [6.45, 7) is 0. The molecule has 0 unspecified atom stereocenters. The summed E-state index contributed by atoms with van der Waals surface area (Å²) in [6, 6.07) is 7.46. The number of ether oxygens (including phenoxy) is 1. The molecule has 0 aliphatic heterocycles. The summed E-state index contributed by atoms with van der Waals surface area (Å²) in [5, 5.41) is 0. The number of carbonyl (C=O) groups is 1. The summed E-state index contributed by atoms with van der Waals surface area (Å²) < 4.78 is 57.1. The molecule has 0 atom stereocenters. The molecular weight excluding hydrogens is 316 g/mol. The molecule has 2 rings (SSSR count). The Kier molecular flexibility index (Phi) is 4.41. The van der Waals surface area contributed by atoms with Crippen molar-refractivity contribution in [3.8, 4) is 0 Å². The van der Waals surface area contributed by atoms with E-state index in [4.69, 9.17) is 0 Å². The molecule has 0 saturated heterocycles. The molecule has 0 fully saturated rings. The van der Waals surface area contributed by atoms with Crippen LogP contribution in [0.1, 0.15) is 10.4 Å². The van der Waals surface area contributed by atoms with Gasteiger partial charge in [-0.1, -0.05) is 6.07 Å². The van der Waals surface area contributed by atoms with Gasteiger partial charge in [-0.2, -0.15) is 0 Å². The maximum absolute atomic E-state index is 13.1. The average Bonchev–Trinajstić information content (AvgIpc) is 2.45. The van der Waals surface area contributed by atoms with Gasteiger partial charge in [0.15, 0.2) is 0 Å². The molecule has 8 heteroatoms. The fourth-order valence-electron chi connectivity index (χ4n) is 1.73. The number of methoxy groups -OCH3 is 1. The number of nitrogens with one attached hydrogen (secondary N) is 1. The number of anilines is 1. The van der Waals surface area contributed by atoms with Crippen molar-refractivity contribution in [1.29, 1.82) is 0 Å². The van der Waals surface area contributed by atoms with Crippen LogP contribution in [0.15, 0.2) is 47.4 Å². The van der Waals surface area contributed by atoms with E-state index in [9.17, 15) is 22.0 Å². The Bertz CT molecular complexity index is 801. The van der Waals surface area contributed by atoms with Gasteiger partial charge in [-0.25, -0.2) is 22.0 Å². The lowest BCUT2D eigenvalue weighted by Gasteiger charge is -2.09. The van der Waals surface area contributed by atoms with Gasteiger partial charge in [0.25, 0.3) is 10.0 Å². The summed E-state index contributed by atoms with van der Waals surface area (Å²) in [4.78, 5) is 10.8. The first kappa shape index (κ1) is 15.9. The second kappa shape index (κ2) is 6.10. The van der Waals surface area contributed by atoms with Crippen LogP contribution in [-0.2, 0) is 14.8 Å². The Morgan fingerprint density at radius 1 is 1.09 bits per heavy atom. The van der Waals surface area contributed by atoms with Gasteiger partial charge in [0.1, 0.15) is 11.6 Å². The van der Waals surface area contributed by atoms with Gasteiger partial charge in [0.05, 0.1) is 17.6 Å². The molecule has 0 radical (unpaired) electrons. The van der Waals surface area contributed by atoms with E-state index in [1.165, 1.54) is 31.4 Å². The minimum atomic E-state index is -4.19. The Hall–Kier alpha value is -2.48. The zero-order valence-electron chi connectivity index (χ0n) is 11.3. The molecule has 0 aromatic heterocycles. The van der Waals surface area contributed by atoms with Crippen LogP contribution in [0.25, 0.3) is 0 Å². The van der Waals surface area contributed by atoms with Gasteiger partial charge < -0.3 is 4.74 Å². The minimum Gasteiger partial charge on any atom is -0.465 e. The minimum absolute atomic E-state index is 0.0626. The van der Waals surface area contributed by atoms with E-state index in [1.54, 1.807) is 0 Å². The topological polar surface area (TPSA) is 72.5 Å². The highest BCUT2D eigenvalue weighted by Crippen LogP contribution is 2.19. The Morgan fingerprint density at radius 3 is 2.32 bits per heavy atom. The number of halogens is 2. The third-order valence-electron chi connectivity index (χ3n) is 2.68. The number of hydrogen-bond acceptors (Lipinski definition) is 4. The Balaban J connectivity index is 2.34. The van der Waals surface area contributed by atoms with Crippen LogP contribution in [0.3, 0.4) is 0 Å². The monoisotopic (exact) mass is 327 g/mol. The van der Waals surface area contributed by atoms with E-state index in [1.807, 2.05) is 0 Å². The number of rotatable bonds is 4. The summed E-state index contributed by atoms with van der Waals surface area (Å²) in [7, 11) is -3.00. The highest BCUT2D eigenvalue weighted by molar-refractivity contribution is 7.92. The molecule has 5 nitrogen and oxygen atoms in total. The van der Waals surface area contributed by atoms with E-state index in [2.05, 4.69) is 9.46 Å². The van der Waals surface area contributed by atoms with Crippen LogP contribution in [0, 0.1) is 11.6 Å². The smallest absolute Gasteiger partial charge is 0.337 e. The van der Waals surface area contributed by atoms with Crippen molar-refractivity contribution in [1.82, 2.24) is 0 Å². The van der Waals surface area contributed by atoms with Crippen LogP contribution >= 0.6 is 0 Å². The molecule has 0 heterocycles. The van der Waals surface area contributed by atoms with Crippen molar-refractivity contribution in [3.63, 3.8) is 0 Å². The van der Waals surface area contributed by atoms with Crippen molar-refractivity contribution in [2.75, 3.05) is 11.8 Å². The van der Waals surface area contributed by atoms with Gasteiger partial charge in [0.2, 0.25) is 0 Å². The lowest BCUT2D eigenvalue weighted by Crippen LogP contribution is -2.14. The lowest BCUT2D eigenvalue weighted by molar-refractivity contribution is 0.0601. The van der Waals surface area contributed by atoms with Crippen molar-refractivity contribution < 1.29 is 26.7 Å². The highest BCUT2D eigenvalue weighted by atomic mass is 32.2. The Morgan fingerprint density at radius 2 is 1.73 bits per heavy atom. The largest absolute Gasteiger partial charge is 0.465 e. The standard InChI is InChI=1S/C14H11F2NO4S/c1-21-14(18)9-3-2-4-12(5-9)17-22(19,20)13-7-10(15)6-11(16)8-13/h2-8,17H,1H3. The predicted molar refractivity (Wildman–Crippen MR) is 74.9 cm³/mol. The van der Waals surface area contributed by atoms with Crippen molar-refractivity contribution in [2.24, 2.45) is 0 Å². The molecule has 1 N–H and O–H groups in total. The zero-order valence-corrected chi connectivity index (χ0v) is 12.2. The average molecular weight is 327 g/mol. The first-order chi connectivity index (χ1) is 10.3. The molecular formula is C14H11F2NO4S. The van der Waals surface area contributed by atoms with Crippen LogP contribution in [0.5, 0.6) is 0 Å². The number of esters is 1. The molecule has 0 saturated carbocycles. The second-order valence-corrected chi connectivity index (χ2v) is 5.97. The molecule has 0 bridgehead atoms. The van der Waals surface area contributed by atoms with Crippen LogP contribution < -0.4 is 4.72 Å². The zero-order chi connectivity index (χ0) is 16.3. The maximum Gasteiger partial charge on any atom is 0.337 e. The third-order valence-corrected chi connectivity index (χ3v) is 4.04. The second-order valence-electron chi connectivity index (χ2n) is 4.28. The van der Waals surface area contributed by atoms with Crippen molar-refractivity contribution >= 4 is 21.7 Å². The normalized spacial score (nSPS) is 11.0. The van der Waals surface area contributed by atoms with E-state index < -0.39 is 32.5 Å². The fraction of sp³-hybridized carbons (Fsp3) is 0.0714. The van der Waals surface area contributed by atoms with E-state index in [0.29, 0.717) is 18.2 Å². The SMILES string of the molecule is COC(=O)c1cccc(NS(=O)(=O)c2cc(F)cc(F)c2)c1. The lowest BCUT2D eigenvalue weighted by atomic mass is 10.2. The third kappa shape index (κ3) is 3.59. The number of benzene rings is 2. The van der Waals surface area contributed by atoms with Crippen LogP contribution in [0.4, 0.5) is 14.5 Å². The number of sulfonamides is 1. The maximum atomic E-state index is 13.1. The molecule has 0 aliphatic rings. The molecule has 2 aromatic carbocycles. The fourth-order valence-corrected chi connectivity index (χ4v) is 2.82. The van der Waals surface area contributed by atoms with Gasteiger partial charge in [-0.15, -0.1) is 0 Å². The van der Waals surface area contributed by atoms with E-state index >= 15 is 0 Å². The summed E-state index contributed by atoms with van der Waals surface area (Å²) in [5.74, 6) is -2.66. The van der Waals surface area contributed by atoms with E-state index in [-0.39, 0.29) is 11.3 Å². The molecule has 0 aliphatic carbocycles. The van der Waals surface area contributed by atoms with Gasteiger partial charge in [-0.05, 0) is 30.3 Å². The quantitative estimate of drug-likeness (QED) is 0.876. The predicted octanol–water partition coefficient (Wildman–Crippen LogP) is 2.55. The van der Waals surface area contributed by atoms with E-state index in [0.717, 1.165) is 0 Å². The highest BCUT2D eigenvalue weighted by Gasteiger charge is 2.17. The summed E-state index contributed by atoms with van der Waals surface area (Å²) >= 11 is 0. The van der Waals surface area contributed by atoms with Crippen molar-refractivity contribution in [3.05, 3.63) is 59.7 Å². The number of hydrogen-bond donors (Lipinski definition) is 1. The van der Waals surface area contributed by atoms with Crippen LogP contribution in [0.2, 0.25) is 0 Å². The van der Waals surface area contributed by atoms with Gasteiger partial charge in [0, 0.05) is 11.8 Å². The summed E-state index contributed by atoms with van der Waals surface area (Å²) in [6.07, 6.45) is 0. The Labute approximate surface area is 125 Å². The molecule has 0 amide bonds. The molecule has 0 spiro atoms. The van der Waals surface area contributed by atoms with Gasteiger partial charge >= 0.3 is 5.97 Å². The summed E-state index contributed by atoms with van der Waals surface area (Å²) in [5.41, 5.74) is 0.195. The molecule has 116 valence electrons.